The summed E-state index contributed by atoms with van der Waals surface area (Å²) in [6.07, 6.45) is 0. The van der Waals surface area contributed by atoms with Crippen LogP contribution in [0.5, 0.6) is 0 Å². The fraction of sp³-hybridized carbons (Fsp3) is 0.0714. The number of aryl methyl sites for hydroxylation is 1. The molecule has 0 spiro atoms. The van der Waals surface area contributed by atoms with Crippen molar-refractivity contribution >= 4 is 28.7 Å². The van der Waals surface area contributed by atoms with Crippen LogP contribution in [0.3, 0.4) is 0 Å². The van der Waals surface area contributed by atoms with Gasteiger partial charge in [-0.2, -0.15) is 0 Å². The summed E-state index contributed by atoms with van der Waals surface area (Å²) < 4.78 is 0.242. The molecule has 0 unspecified atom stereocenters. The molecule has 2 aromatic carbocycles. The molecular formula is C14H12OSSe. The second-order valence-electron chi connectivity index (χ2n) is 3.63. The molecule has 0 aromatic heterocycles. The van der Waals surface area contributed by atoms with Crippen LogP contribution in [-0.4, -0.2) is 18.5 Å². The number of carbonyl (C=O) groups excluding carboxylic acids is 1. The van der Waals surface area contributed by atoms with Crippen molar-refractivity contribution in [2.24, 2.45) is 0 Å². The quantitative estimate of drug-likeness (QED) is 0.804. The maximum atomic E-state index is 11.9. The van der Waals surface area contributed by atoms with Crippen molar-refractivity contribution in [3.63, 3.8) is 0 Å². The first-order valence-electron chi connectivity index (χ1n) is 5.26. The summed E-state index contributed by atoms with van der Waals surface area (Å²) in [5.41, 5.74) is 2.00. The molecule has 1 nitrogen and oxygen atoms in total. The van der Waals surface area contributed by atoms with Crippen LogP contribution in [0.1, 0.15) is 15.9 Å². The molecule has 3 heteroatoms. The first kappa shape index (κ1) is 12.4. The Morgan fingerprint density at radius 1 is 1.00 bits per heavy atom. The number of benzene rings is 2. The minimum atomic E-state index is -0.0867. The second-order valence-corrected chi connectivity index (χ2v) is 7.31. The molecule has 0 atom stereocenters. The van der Waals surface area contributed by atoms with E-state index in [1.165, 1.54) is 5.56 Å². The Balaban J connectivity index is 1.96. The van der Waals surface area contributed by atoms with Crippen LogP contribution in [0.15, 0.2) is 59.5 Å². The third-order valence-corrected chi connectivity index (χ3v) is 6.13. The molecule has 0 amide bonds. The zero-order chi connectivity index (χ0) is 12.1. The molecule has 2 aromatic rings. The van der Waals surface area contributed by atoms with E-state index in [2.05, 4.69) is 0 Å². The van der Waals surface area contributed by atoms with Crippen LogP contribution < -0.4 is 0 Å². The Hall–Kier alpha value is -1.02. The first-order valence-corrected chi connectivity index (χ1v) is 8.96. The van der Waals surface area contributed by atoms with Crippen LogP contribution in [-0.2, 0) is 0 Å². The average molecular weight is 307 g/mol. The van der Waals surface area contributed by atoms with Crippen LogP contribution in [0.25, 0.3) is 0 Å². The standard InChI is InChI=1S/C14H12OSSe/c1-11-7-9-12(10-8-11)14(15)17-16-13-5-3-2-4-6-13/h2-10H,1H3. The zero-order valence-corrected chi connectivity index (χ0v) is 12.0. The molecule has 0 aliphatic carbocycles. The first-order chi connectivity index (χ1) is 8.25. The van der Waals surface area contributed by atoms with Gasteiger partial charge in [0.25, 0.3) is 0 Å². The minimum absolute atomic E-state index is 0.0867. The summed E-state index contributed by atoms with van der Waals surface area (Å²) in [5, 5.41) is 0. The molecule has 0 saturated carbocycles. The summed E-state index contributed by atoms with van der Waals surface area (Å²) in [6.45, 7) is 2.03. The van der Waals surface area contributed by atoms with Crippen molar-refractivity contribution < 1.29 is 4.79 Å². The van der Waals surface area contributed by atoms with E-state index in [0.717, 1.165) is 10.5 Å². The van der Waals surface area contributed by atoms with Gasteiger partial charge < -0.3 is 0 Å². The van der Waals surface area contributed by atoms with Gasteiger partial charge in [-0.25, -0.2) is 0 Å². The molecule has 2 rings (SSSR count). The fourth-order valence-electron chi connectivity index (χ4n) is 1.30. The summed E-state index contributed by atoms with van der Waals surface area (Å²) >= 11 is -0.0867. The normalized spacial score (nSPS) is 10.2. The number of hydrogen-bond donors (Lipinski definition) is 0. The van der Waals surface area contributed by atoms with E-state index in [0.29, 0.717) is 0 Å². The number of carbonyl (C=O) groups is 1. The topological polar surface area (TPSA) is 17.1 Å². The molecule has 86 valence electrons. The van der Waals surface area contributed by atoms with E-state index in [4.69, 9.17) is 0 Å². The Bertz CT molecular complexity index is 493. The summed E-state index contributed by atoms with van der Waals surface area (Å²) in [6, 6.07) is 17.8. The summed E-state index contributed by atoms with van der Waals surface area (Å²) in [7, 11) is 1.64. The van der Waals surface area contributed by atoms with E-state index < -0.39 is 0 Å². The molecular weight excluding hydrogens is 295 g/mol. The second kappa shape index (κ2) is 6.06. The van der Waals surface area contributed by atoms with Gasteiger partial charge in [0.15, 0.2) is 0 Å². The predicted octanol–water partition coefficient (Wildman–Crippen LogP) is 3.55. The fourth-order valence-corrected chi connectivity index (χ4v) is 4.51. The van der Waals surface area contributed by atoms with Gasteiger partial charge in [0, 0.05) is 0 Å². The molecule has 0 bridgehead atoms. The van der Waals surface area contributed by atoms with Crippen molar-refractivity contribution in [2.75, 3.05) is 0 Å². The number of hydrogen-bond acceptors (Lipinski definition) is 2. The van der Waals surface area contributed by atoms with Crippen molar-refractivity contribution in [2.45, 2.75) is 11.8 Å². The average Bonchev–Trinajstić information content (AvgIpc) is 2.38. The SMILES string of the molecule is Cc1ccc(C(=O)[Se]Sc2ccccc2)cc1. The Labute approximate surface area is 111 Å². The van der Waals surface area contributed by atoms with Gasteiger partial charge in [0.05, 0.1) is 0 Å². The summed E-state index contributed by atoms with van der Waals surface area (Å²) in [5.74, 6) is 0. The maximum absolute atomic E-state index is 11.9. The molecule has 0 fully saturated rings. The third-order valence-electron chi connectivity index (χ3n) is 2.24. The molecule has 0 radical (unpaired) electrons. The van der Waals surface area contributed by atoms with Gasteiger partial charge in [0.1, 0.15) is 0 Å². The van der Waals surface area contributed by atoms with E-state index in [1.807, 2.05) is 61.5 Å². The van der Waals surface area contributed by atoms with Gasteiger partial charge in [-0.05, 0) is 0 Å². The van der Waals surface area contributed by atoms with Crippen molar-refractivity contribution in [1.82, 2.24) is 0 Å². The summed E-state index contributed by atoms with van der Waals surface area (Å²) in [4.78, 5) is 13.1. The van der Waals surface area contributed by atoms with Crippen LogP contribution in [0.2, 0.25) is 0 Å². The Morgan fingerprint density at radius 3 is 2.29 bits per heavy atom. The molecule has 17 heavy (non-hydrogen) atoms. The molecule has 0 heterocycles. The van der Waals surface area contributed by atoms with Crippen LogP contribution in [0.4, 0.5) is 0 Å². The van der Waals surface area contributed by atoms with Crippen LogP contribution >= 0.6 is 10.2 Å². The van der Waals surface area contributed by atoms with Gasteiger partial charge in [0.2, 0.25) is 0 Å². The van der Waals surface area contributed by atoms with E-state index in [-0.39, 0.29) is 18.5 Å². The monoisotopic (exact) mass is 308 g/mol. The van der Waals surface area contributed by atoms with Crippen molar-refractivity contribution in [1.29, 1.82) is 0 Å². The van der Waals surface area contributed by atoms with E-state index >= 15 is 0 Å². The number of rotatable bonds is 4. The van der Waals surface area contributed by atoms with Gasteiger partial charge in [-0.1, -0.05) is 0 Å². The Morgan fingerprint density at radius 2 is 1.65 bits per heavy atom. The van der Waals surface area contributed by atoms with Crippen molar-refractivity contribution in [3.8, 4) is 0 Å². The molecule has 0 N–H and O–H groups in total. The predicted molar refractivity (Wildman–Crippen MR) is 73.6 cm³/mol. The van der Waals surface area contributed by atoms with E-state index in [1.54, 1.807) is 10.2 Å². The zero-order valence-electron chi connectivity index (χ0n) is 9.42. The van der Waals surface area contributed by atoms with Gasteiger partial charge >= 0.3 is 111 Å². The molecule has 0 aliphatic heterocycles. The van der Waals surface area contributed by atoms with Gasteiger partial charge in [-0.15, -0.1) is 0 Å². The van der Waals surface area contributed by atoms with Gasteiger partial charge in [-0.3, -0.25) is 0 Å². The molecule has 0 saturated heterocycles. The molecule has 0 aliphatic rings. The van der Waals surface area contributed by atoms with Crippen molar-refractivity contribution in [3.05, 3.63) is 65.7 Å². The third kappa shape index (κ3) is 3.74. The van der Waals surface area contributed by atoms with E-state index in [9.17, 15) is 4.79 Å². The van der Waals surface area contributed by atoms with Crippen LogP contribution in [0, 0.1) is 6.92 Å². The Kier molecular flexibility index (Phi) is 4.43.